The molecule has 2 aromatic carbocycles. The van der Waals surface area contributed by atoms with Crippen LogP contribution in [-0.2, 0) is 14.4 Å². The molecule has 1 fully saturated rings. The lowest BCUT2D eigenvalue weighted by atomic mass is 9.70. The first-order chi connectivity index (χ1) is 12.1. The summed E-state index contributed by atoms with van der Waals surface area (Å²) in [7, 11) is 3.22. The molecule has 2 aliphatic rings. The van der Waals surface area contributed by atoms with Gasteiger partial charge in [0.2, 0.25) is 0 Å². The first-order valence-corrected chi connectivity index (χ1v) is 8.41. The van der Waals surface area contributed by atoms with Gasteiger partial charge in [0.25, 0.3) is 0 Å². The summed E-state index contributed by atoms with van der Waals surface area (Å²) in [5.41, 5.74) is 0.712. The summed E-state index contributed by atoms with van der Waals surface area (Å²) in [5.74, 6) is 0.399. The first kappa shape index (κ1) is 16.4. The van der Waals surface area contributed by atoms with Crippen LogP contribution in [0.3, 0.4) is 0 Å². The summed E-state index contributed by atoms with van der Waals surface area (Å²) in [5, 5.41) is 2.31. The van der Waals surface area contributed by atoms with E-state index in [1.54, 1.807) is 11.1 Å². The van der Waals surface area contributed by atoms with E-state index in [-0.39, 0.29) is 18.6 Å². The highest BCUT2D eigenvalue weighted by Gasteiger charge is 2.64. The molecule has 0 saturated carbocycles. The second kappa shape index (κ2) is 6.02. The highest BCUT2D eigenvalue weighted by atomic mass is 35.5. The SMILES string of the molecule is COC(=O)[C@]12COc3ccccc3[C@H]1N(C)O[C@H]2c1cccc(Cl)c1. The molecule has 2 aliphatic heterocycles. The second-order valence-corrected chi connectivity index (χ2v) is 6.78. The normalized spacial score (nSPS) is 28.0. The lowest BCUT2D eigenvalue weighted by Crippen LogP contribution is -2.48. The zero-order valence-corrected chi connectivity index (χ0v) is 14.7. The number of halogens is 1. The van der Waals surface area contributed by atoms with Gasteiger partial charge in [-0.3, -0.25) is 9.63 Å². The number of esters is 1. The van der Waals surface area contributed by atoms with Crippen molar-refractivity contribution in [1.29, 1.82) is 0 Å². The lowest BCUT2D eigenvalue weighted by molar-refractivity contribution is -0.163. The third-order valence-corrected chi connectivity index (χ3v) is 5.22. The van der Waals surface area contributed by atoms with Crippen molar-refractivity contribution in [2.45, 2.75) is 12.1 Å². The Hall–Kier alpha value is -2.08. The molecule has 1 saturated heterocycles. The lowest BCUT2D eigenvalue weighted by Gasteiger charge is -2.39. The molecule has 0 aromatic heterocycles. The van der Waals surface area contributed by atoms with Crippen molar-refractivity contribution in [3.63, 3.8) is 0 Å². The minimum atomic E-state index is -1.01. The standard InChI is InChI=1S/C19H18ClNO4/c1-21-16-14-8-3-4-9-15(14)24-11-19(16,18(22)23-2)17(25-21)12-6-5-7-13(20)10-12/h3-10,16-17H,11H2,1-2H3/t16-,17+,19-/m1/s1. The average Bonchev–Trinajstić information content (AvgIpc) is 2.95. The molecule has 2 aromatic rings. The zero-order valence-electron chi connectivity index (χ0n) is 13.9. The van der Waals surface area contributed by atoms with Crippen molar-refractivity contribution in [3.05, 3.63) is 64.7 Å². The fraction of sp³-hybridized carbons (Fsp3) is 0.316. The van der Waals surface area contributed by atoms with E-state index in [1.165, 1.54) is 7.11 Å². The van der Waals surface area contributed by atoms with E-state index in [0.717, 1.165) is 16.9 Å². The van der Waals surface area contributed by atoms with Gasteiger partial charge < -0.3 is 9.47 Å². The number of rotatable bonds is 2. The molecule has 0 amide bonds. The monoisotopic (exact) mass is 359 g/mol. The van der Waals surface area contributed by atoms with Gasteiger partial charge in [0.05, 0.1) is 13.2 Å². The number of nitrogens with zero attached hydrogens (tertiary/aromatic N) is 1. The number of hydrogen-bond donors (Lipinski definition) is 0. The van der Waals surface area contributed by atoms with Crippen LogP contribution in [0.15, 0.2) is 48.5 Å². The molecule has 0 bridgehead atoms. The molecule has 0 N–H and O–H groups in total. The first-order valence-electron chi connectivity index (χ1n) is 8.03. The van der Waals surface area contributed by atoms with Crippen LogP contribution in [0.25, 0.3) is 0 Å². The van der Waals surface area contributed by atoms with Crippen LogP contribution in [0.4, 0.5) is 0 Å². The van der Waals surface area contributed by atoms with Crippen molar-refractivity contribution in [2.75, 3.05) is 20.8 Å². The summed E-state index contributed by atoms with van der Waals surface area (Å²) < 4.78 is 11.1. The number of hydroxylamine groups is 2. The molecule has 6 heteroatoms. The van der Waals surface area contributed by atoms with Crippen LogP contribution in [-0.4, -0.2) is 31.8 Å². The van der Waals surface area contributed by atoms with E-state index in [1.807, 2.05) is 49.5 Å². The fourth-order valence-electron chi connectivity index (χ4n) is 3.95. The Kier molecular flexibility index (Phi) is 3.95. The number of ether oxygens (including phenoxy) is 2. The van der Waals surface area contributed by atoms with Gasteiger partial charge in [-0.1, -0.05) is 41.9 Å². The average molecular weight is 360 g/mol. The summed E-state index contributed by atoms with van der Waals surface area (Å²) in [6.45, 7) is 0.170. The fourth-order valence-corrected chi connectivity index (χ4v) is 4.15. The number of methoxy groups -OCH3 is 1. The van der Waals surface area contributed by atoms with Crippen molar-refractivity contribution in [1.82, 2.24) is 5.06 Å². The Bertz CT molecular complexity index is 827. The third-order valence-electron chi connectivity index (χ3n) is 4.99. The van der Waals surface area contributed by atoms with Crippen LogP contribution < -0.4 is 4.74 Å². The molecular formula is C19H18ClNO4. The summed E-state index contributed by atoms with van der Waals surface area (Å²) in [6, 6.07) is 14.7. The predicted molar refractivity (Wildman–Crippen MR) is 92.2 cm³/mol. The van der Waals surface area contributed by atoms with E-state index in [4.69, 9.17) is 25.9 Å². The molecule has 0 unspecified atom stereocenters. The van der Waals surface area contributed by atoms with Crippen molar-refractivity contribution < 1.29 is 19.1 Å². The number of hydrogen-bond acceptors (Lipinski definition) is 5. The molecule has 4 rings (SSSR count). The molecule has 130 valence electrons. The largest absolute Gasteiger partial charge is 0.492 e. The third kappa shape index (κ3) is 2.34. The van der Waals surface area contributed by atoms with Crippen molar-refractivity contribution in [3.8, 4) is 5.75 Å². The quantitative estimate of drug-likeness (QED) is 0.767. The van der Waals surface area contributed by atoms with Gasteiger partial charge in [-0.15, -0.1) is 0 Å². The maximum Gasteiger partial charge on any atom is 0.320 e. The van der Waals surface area contributed by atoms with Crippen LogP contribution in [0.2, 0.25) is 5.02 Å². The van der Waals surface area contributed by atoms with Gasteiger partial charge in [-0.2, -0.15) is 5.06 Å². The van der Waals surface area contributed by atoms with E-state index >= 15 is 0 Å². The summed E-state index contributed by atoms with van der Waals surface area (Å²) in [4.78, 5) is 19.1. The molecule has 25 heavy (non-hydrogen) atoms. The number of benzene rings is 2. The Labute approximate surface area is 151 Å². The maximum absolute atomic E-state index is 13.0. The smallest absolute Gasteiger partial charge is 0.320 e. The van der Waals surface area contributed by atoms with Gasteiger partial charge in [0.15, 0.2) is 5.41 Å². The van der Waals surface area contributed by atoms with Crippen LogP contribution in [0.5, 0.6) is 5.75 Å². The molecule has 0 radical (unpaired) electrons. The van der Waals surface area contributed by atoms with Gasteiger partial charge in [-0.25, -0.2) is 0 Å². The molecule has 5 nitrogen and oxygen atoms in total. The van der Waals surface area contributed by atoms with E-state index in [9.17, 15) is 4.79 Å². The predicted octanol–water partition coefficient (Wildman–Crippen LogP) is 3.55. The van der Waals surface area contributed by atoms with Gasteiger partial charge in [0, 0.05) is 17.6 Å². The second-order valence-electron chi connectivity index (χ2n) is 6.35. The Morgan fingerprint density at radius 2 is 2.08 bits per heavy atom. The minimum absolute atomic E-state index is 0.170. The van der Waals surface area contributed by atoms with Crippen molar-refractivity contribution >= 4 is 17.6 Å². The Morgan fingerprint density at radius 3 is 2.84 bits per heavy atom. The van der Waals surface area contributed by atoms with E-state index in [2.05, 4.69) is 0 Å². The van der Waals surface area contributed by atoms with Crippen LogP contribution in [0.1, 0.15) is 23.3 Å². The van der Waals surface area contributed by atoms with Crippen LogP contribution in [0, 0.1) is 5.41 Å². The minimum Gasteiger partial charge on any atom is -0.492 e. The Morgan fingerprint density at radius 1 is 1.28 bits per heavy atom. The maximum atomic E-state index is 13.0. The number of carbonyl (C=O) groups is 1. The highest BCUT2D eigenvalue weighted by Crippen LogP contribution is 2.59. The van der Waals surface area contributed by atoms with Crippen molar-refractivity contribution in [2.24, 2.45) is 5.41 Å². The van der Waals surface area contributed by atoms with E-state index in [0.29, 0.717) is 5.02 Å². The summed E-state index contributed by atoms with van der Waals surface area (Å²) >= 11 is 6.16. The topological polar surface area (TPSA) is 48.0 Å². The molecule has 2 heterocycles. The molecule has 0 aliphatic carbocycles. The molecule has 0 spiro atoms. The summed E-state index contributed by atoms with van der Waals surface area (Å²) in [6.07, 6.45) is -0.554. The molecular weight excluding hydrogens is 342 g/mol. The van der Waals surface area contributed by atoms with Gasteiger partial charge in [-0.05, 0) is 23.8 Å². The van der Waals surface area contributed by atoms with Gasteiger partial charge >= 0.3 is 5.97 Å². The molecule has 3 atom stereocenters. The van der Waals surface area contributed by atoms with Gasteiger partial charge in [0.1, 0.15) is 18.5 Å². The number of carbonyl (C=O) groups excluding carboxylic acids is 1. The highest BCUT2D eigenvalue weighted by molar-refractivity contribution is 6.30. The Balaban J connectivity index is 1.90. The number of fused-ring (bicyclic) bond motifs is 3. The van der Waals surface area contributed by atoms with E-state index < -0.39 is 11.5 Å². The number of para-hydroxylation sites is 1. The zero-order chi connectivity index (χ0) is 17.6. The van der Waals surface area contributed by atoms with Crippen LogP contribution >= 0.6 is 11.6 Å².